The van der Waals surface area contributed by atoms with Crippen molar-refractivity contribution in [3.63, 3.8) is 0 Å². The highest BCUT2D eigenvalue weighted by molar-refractivity contribution is 5.55. The minimum atomic E-state index is 0.614. The van der Waals surface area contributed by atoms with Gasteiger partial charge in [-0.2, -0.15) is 0 Å². The van der Waals surface area contributed by atoms with Crippen molar-refractivity contribution in [2.75, 3.05) is 6.61 Å². The standard InChI is InChI=1S/C9H16NO/c1-3-5-7-8-10-11-9-6-4-2/h4H,2-3,5-7,9H2,1H3. The largest absolute Gasteiger partial charge is 0.395 e. The van der Waals surface area contributed by atoms with Crippen molar-refractivity contribution in [1.29, 1.82) is 0 Å². The van der Waals surface area contributed by atoms with E-state index in [0.29, 0.717) is 6.61 Å². The average Bonchev–Trinajstić information content (AvgIpc) is 2.03. The fourth-order valence-corrected chi connectivity index (χ4v) is 0.529. The lowest BCUT2D eigenvalue weighted by molar-refractivity contribution is 0.150. The van der Waals surface area contributed by atoms with E-state index in [9.17, 15) is 0 Å². The van der Waals surface area contributed by atoms with Crippen LogP contribution in [0.15, 0.2) is 17.8 Å². The van der Waals surface area contributed by atoms with Gasteiger partial charge < -0.3 is 4.84 Å². The third kappa shape index (κ3) is 9.21. The van der Waals surface area contributed by atoms with Crippen molar-refractivity contribution in [2.24, 2.45) is 5.16 Å². The molecular weight excluding hydrogens is 138 g/mol. The van der Waals surface area contributed by atoms with E-state index in [-0.39, 0.29) is 0 Å². The third-order valence-electron chi connectivity index (χ3n) is 1.18. The van der Waals surface area contributed by atoms with Crippen LogP contribution in [0.1, 0.15) is 32.6 Å². The first kappa shape index (κ1) is 10.2. The summed E-state index contributed by atoms with van der Waals surface area (Å²) < 4.78 is 0. The lowest BCUT2D eigenvalue weighted by Crippen LogP contribution is -1.85. The fraction of sp³-hybridized carbons (Fsp3) is 0.667. The molecule has 0 atom stereocenters. The molecule has 0 N–H and O–H groups in total. The van der Waals surface area contributed by atoms with Gasteiger partial charge in [0.05, 0.1) is 0 Å². The summed E-state index contributed by atoms with van der Waals surface area (Å²) in [5.74, 6) is 0. The predicted molar refractivity (Wildman–Crippen MR) is 47.7 cm³/mol. The molecule has 63 valence electrons. The van der Waals surface area contributed by atoms with Crippen LogP contribution in [0.5, 0.6) is 0 Å². The van der Waals surface area contributed by atoms with Crippen LogP contribution < -0.4 is 0 Å². The molecular formula is C9H16NO. The first-order valence-corrected chi connectivity index (χ1v) is 4.07. The number of hydrogen-bond acceptors (Lipinski definition) is 2. The Balaban J connectivity index is 2.97. The van der Waals surface area contributed by atoms with E-state index in [0.717, 1.165) is 19.3 Å². The molecule has 0 saturated carbocycles. The van der Waals surface area contributed by atoms with Gasteiger partial charge in [-0.05, 0) is 12.8 Å². The molecule has 0 aliphatic rings. The molecule has 0 fully saturated rings. The summed E-state index contributed by atoms with van der Waals surface area (Å²) in [6.07, 6.45) is 8.67. The summed E-state index contributed by atoms with van der Waals surface area (Å²) >= 11 is 0. The second-order valence-electron chi connectivity index (χ2n) is 2.26. The summed E-state index contributed by atoms with van der Waals surface area (Å²) in [7, 11) is 0. The van der Waals surface area contributed by atoms with Gasteiger partial charge in [0.1, 0.15) is 12.8 Å². The molecule has 0 rings (SSSR count). The molecule has 0 aromatic rings. The number of hydrogen-bond donors (Lipinski definition) is 0. The number of nitrogens with zero attached hydrogens (tertiary/aromatic N) is 1. The summed E-state index contributed by atoms with van der Waals surface area (Å²) in [5, 5.41) is 3.65. The molecule has 0 heterocycles. The van der Waals surface area contributed by atoms with Gasteiger partial charge in [-0.25, -0.2) is 0 Å². The van der Waals surface area contributed by atoms with E-state index >= 15 is 0 Å². The van der Waals surface area contributed by atoms with Gasteiger partial charge >= 0.3 is 0 Å². The van der Waals surface area contributed by atoms with Gasteiger partial charge in [0.25, 0.3) is 0 Å². The Morgan fingerprint density at radius 2 is 2.45 bits per heavy atom. The Hall–Kier alpha value is -0.790. The highest BCUT2D eigenvalue weighted by Gasteiger charge is 1.81. The van der Waals surface area contributed by atoms with Crippen LogP contribution in [0.3, 0.4) is 0 Å². The smallest absolute Gasteiger partial charge is 0.120 e. The molecule has 0 spiro atoms. The molecule has 0 aliphatic heterocycles. The van der Waals surface area contributed by atoms with Crippen molar-refractivity contribution in [2.45, 2.75) is 32.6 Å². The maximum absolute atomic E-state index is 4.86. The van der Waals surface area contributed by atoms with Gasteiger partial charge in [-0.3, -0.25) is 0 Å². The predicted octanol–water partition coefficient (Wildman–Crippen LogP) is 2.63. The van der Waals surface area contributed by atoms with E-state index in [2.05, 4.69) is 24.9 Å². The summed E-state index contributed by atoms with van der Waals surface area (Å²) in [5.41, 5.74) is 0. The van der Waals surface area contributed by atoms with Gasteiger partial charge in [0.2, 0.25) is 0 Å². The monoisotopic (exact) mass is 154 g/mol. The van der Waals surface area contributed by atoms with Gasteiger partial charge in [-0.15, -0.1) is 6.58 Å². The normalized spacial score (nSPS) is 10.3. The summed E-state index contributed by atoms with van der Waals surface area (Å²) in [6.45, 7) is 6.32. The zero-order chi connectivity index (χ0) is 8.36. The van der Waals surface area contributed by atoms with Crippen molar-refractivity contribution >= 4 is 6.21 Å². The Labute approximate surface area is 68.9 Å². The van der Waals surface area contributed by atoms with Gasteiger partial charge in [0, 0.05) is 6.42 Å². The third-order valence-corrected chi connectivity index (χ3v) is 1.18. The molecule has 0 amide bonds. The van der Waals surface area contributed by atoms with Crippen LogP contribution >= 0.6 is 0 Å². The van der Waals surface area contributed by atoms with E-state index < -0.39 is 0 Å². The van der Waals surface area contributed by atoms with Crippen LogP contribution in [0.4, 0.5) is 0 Å². The Kier molecular flexibility index (Phi) is 8.55. The Bertz CT molecular complexity index is 110. The molecule has 2 heteroatoms. The van der Waals surface area contributed by atoms with Crippen molar-refractivity contribution in [3.05, 3.63) is 12.7 Å². The van der Waals surface area contributed by atoms with E-state index in [1.165, 1.54) is 6.42 Å². The zero-order valence-corrected chi connectivity index (χ0v) is 7.18. The molecule has 11 heavy (non-hydrogen) atoms. The topological polar surface area (TPSA) is 21.6 Å². The Morgan fingerprint density at radius 1 is 1.64 bits per heavy atom. The number of unbranched alkanes of at least 4 members (excludes halogenated alkanes) is 2. The quantitative estimate of drug-likeness (QED) is 0.239. The zero-order valence-electron chi connectivity index (χ0n) is 7.18. The van der Waals surface area contributed by atoms with E-state index in [4.69, 9.17) is 4.84 Å². The average molecular weight is 154 g/mol. The lowest BCUT2D eigenvalue weighted by atomic mass is 10.3. The summed E-state index contributed by atoms with van der Waals surface area (Å²) in [6, 6.07) is 0. The molecule has 0 bridgehead atoms. The second kappa shape index (κ2) is 9.21. The van der Waals surface area contributed by atoms with Crippen LogP contribution in [0.2, 0.25) is 0 Å². The molecule has 2 nitrogen and oxygen atoms in total. The van der Waals surface area contributed by atoms with E-state index in [1.54, 1.807) is 0 Å². The molecule has 0 aromatic carbocycles. The highest BCUT2D eigenvalue weighted by atomic mass is 16.6. The van der Waals surface area contributed by atoms with Crippen LogP contribution in [-0.2, 0) is 4.84 Å². The highest BCUT2D eigenvalue weighted by Crippen LogP contribution is 1.90. The lowest BCUT2D eigenvalue weighted by Gasteiger charge is -1.92. The van der Waals surface area contributed by atoms with Crippen LogP contribution in [0, 0.1) is 0 Å². The van der Waals surface area contributed by atoms with Crippen molar-refractivity contribution in [1.82, 2.24) is 0 Å². The van der Waals surface area contributed by atoms with Gasteiger partial charge in [-0.1, -0.05) is 24.6 Å². The van der Waals surface area contributed by atoms with Crippen LogP contribution in [0.25, 0.3) is 0 Å². The fourth-order valence-electron chi connectivity index (χ4n) is 0.529. The first-order chi connectivity index (χ1) is 5.41. The van der Waals surface area contributed by atoms with Crippen molar-refractivity contribution < 1.29 is 4.84 Å². The van der Waals surface area contributed by atoms with E-state index in [1.807, 2.05) is 6.08 Å². The Morgan fingerprint density at radius 3 is 3.09 bits per heavy atom. The molecule has 0 unspecified atom stereocenters. The molecule has 1 radical (unpaired) electrons. The molecule has 0 saturated heterocycles. The second-order valence-corrected chi connectivity index (χ2v) is 2.26. The SMILES string of the molecule is C=CCCO/N=[C]/CCCC. The van der Waals surface area contributed by atoms with Crippen LogP contribution in [-0.4, -0.2) is 12.8 Å². The minimum absolute atomic E-state index is 0.614. The van der Waals surface area contributed by atoms with Gasteiger partial charge in [0.15, 0.2) is 0 Å². The molecule has 0 aliphatic carbocycles. The minimum Gasteiger partial charge on any atom is -0.395 e. The number of rotatable bonds is 7. The van der Waals surface area contributed by atoms with Crippen molar-refractivity contribution in [3.8, 4) is 0 Å². The molecule has 0 aromatic heterocycles. The maximum Gasteiger partial charge on any atom is 0.120 e. The summed E-state index contributed by atoms with van der Waals surface area (Å²) in [4.78, 5) is 4.86. The maximum atomic E-state index is 4.86. The first-order valence-electron chi connectivity index (χ1n) is 4.07.